The van der Waals surface area contributed by atoms with Gasteiger partial charge in [-0.1, -0.05) is 0 Å². The molecule has 0 atom stereocenters. The van der Waals surface area contributed by atoms with Crippen LogP contribution in [0.3, 0.4) is 0 Å². The van der Waals surface area contributed by atoms with Crippen molar-refractivity contribution >= 4 is 5.97 Å². The highest BCUT2D eigenvalue weighted by molar-refractivity contribution is 5.87. The molecule has 1 aromatic heterocycles. The molecule has 0 saturated carbocycles. The second kappa shape index (κ2) is 2.79. The summed E-state index contributed by atoms with van der Waals surface area (Å²) in [6, 6.07) is 0.740. The number of halogens is 3. The lowest BCUT2D eigenvalue weighted by Crippen LogP contribution is -2.13. The van der Waals surface area contributed by atoms with Gasteiger partial charge in [-0.05, 0) is 6.07 Å². The highest BCUT2D eigenvalue weighted by Crippen LogP contribution is 2.32. The van der Waals surface area contributed by atoms with E-state index in [1.165, 1.54) is 7.05 Å². The van der Waals surface area contributed by atoms with Gasteiger partial charge < -0.3 is 9.67 Å². The van der Waals surface area contributed by atoms with Crippen LogP contribution < -0.4 is 0 Å². The van der Waals surface area contributed by atoms with Crippen molar-refractivity contribution in [3.8, 4) is 0 Å². The van der Waals surface area contributed by atoms with Gasteiger partial charge in [-0.3, -0.25) is 0 Å². The normalized spacial score (nSPS) is 11.7. The number of carboxylic acids is 1. The standard InChI is InChI=1S/C7H6F3NO2/c1-11-3-2-4(7(8,9)10)5(11)6(12)13/h2-3H,1H3,(H,12,13). The van der Waals surface area contributed by atoms with Crippen molar-refractivity contribution in [2.75, 3.05) is 0 Å². The van der Waals surface area contributed by atoms with E-state index < -0.39 is 23.4 Å². The van der Waals surface area contributed by atoms with E-state index in [-0.39, 0.29) is 0 Å². The number of aromatic carboxylic acids is 1. The van der Waals surface area contributed by atoms with Crippen LogP contribution in [0.5, 0.6) is 0 Å². The molecule has 0 spiro atoms. The first-order valence-corrected chi connectivity index (χ1v) is 3.30. The number of carbonyl (C=O) groups is 1. The van der Waals surface area contributed by atoms with Crippen LogP contribution in [0.4, 0.5) is 13.2 Å². The van der Waals surface area contributed by atoms with Gasteiger partial charge in [0.2, 0.25) is 0 Å². The number of hydrogen-bond acceptors (Lipinski definition) is 1. The lowest BCUT2D eigenvalue weighted by molar-refractivity contribution is -0.138. The summed E-state index contributed by atoms with van der Waals surface area (Å²) in [5, 5.41) is 8.48. The van der Waals surface area contributed by atoms with Crippen LogP contribution in [0, 0.1) is 0 Å². The van der Waals surface area contributed by atoms with Crippen LogP contribution in [-0.2, 0) is 13.2 Å². The lowest BCUT2D eigenvalue weighted by Gasteiger charge is -2.06. The zero-order chi connectivity index (χ0) is 10.2. The molecule has 6 heteroatoms. The summed E-state index contributed by atoms with van der Waals surface area (Å²) in [6.07, 6.45) is -3.55. The van der Waals surface area contributed by atoms with E-state index in [2.05, 4.69) is 0 Å². The predicted octanol–water partition coefficient (Wildman–Crippen LogP) is 1.74. The Morgan fingerprint density at radius 3 is 2.38 bits per heavy atom. The van der Waals surface area contributed by atoms with Gasteiger partial charge >= 0.3 is 12.1 Å². The summed E-state index contributed by atoms with van der Waals surface area (Å²) in [4.78, 5) is 10.4. The molecule has 0 radical (unpaired) electrons. The van der Waals surface area contributed by atoms with E-state index in [1.54, 1.807) is 0 Å². The molecule has 3 nitrogen and oxygen atoms in total. The fraction of sp³-hybridized carbons (Fsp3) is 0.286. The van der Waals surface area contributed by atoms with Gasteiger partial charge in [-0.25, -0.2) is 4.79 Å². The quantitative estimate of drug-likeness (QED) is 0.738. The van der Waals surface area contributed by atoms with Gasteiger partial charge in [0.05, 0.1) is 5.56 Å². The molecule has 13 heavy (non-hydrogen) atoms. The predicted molar refractivity (Wildman–Crippen MR) is 37.4 cm³/mol. The number of aromatic nitrogens is 1. The Morgan fingerprint density at radius 2 is 2.08 bits per heavy atom. The largest absolute Gasteiger partial charge is 0.477 e. The zero-order valence-corrected chi connectivity index (χ0v) is 6.59. The second-order valence-corrected chi connectivity index (χ2v) is 2.49. The minimum absolute atomic E-state index is 0.740. The van der Waals surface area contributed by atoms with Gasteiger partial charge in [0.15, 0.2) is 0 Å². The van der Waals surface area contributed by atoms with Gasteiger partial charge in [0, 0.05) is 13.2 Å². The molecule has 0 aliphatic rings. The summed E-state index contributed by atoms with van der Waals surface area (Å²) in [5.41, 5.74) is -1.87. The molecule has 0 unspecified atom stereocenters. The molecule has 0 aromatic carbocycles. The number of rotatable bonds is 1. The minimum Gasteiger partial charge on any atom is -0.477 e. The Hall–Kier alpha value is -1.46. The average molecular weight is 193 g/mol. The maximum absolute atomic E-state index is 12.1. The number of carboxylic acid groups (broad SMARTS) is 1. The topological polar surface area (TPSA) is 42.2 Å². The third kappa shape index (κ3) is 1.66. The van der Waals surface area contributed by atoms with Crippen LogP contribution in [0.25, 0.3) is 0 Å². The van der Waals surface area contributed by atoms with Crippen LogP contribution >= 0.6 is 0 Å². The van der Waals surface area contributed by atoms with Crippen molar-refractivity contribution < 1.29 is 23.1 Å². The van der Waals surface area contributed by atoms with Crippen LogP contribution in [-0.4, -0.2) is 15.6 Å². The van der Waals surface area contributed by atoms with Crippen molar-refractivity contribution in [3.05, 3.63) is 23.5 Å². The highest BCUT2D eigenvalue weighted by atomic mass is 19.4. The molecular formula is C7H6F3NO2. The first-order valence-electron chi connectivity index (χ1n) is 3.30. The summed E-state index contributed by atoms with van der Waals surface area (Å²) in [7, 11) is 1.25. The summed E-state index contributed by atoms with van der Waals surface area (Å²) < 4.78 is 37.4. The molecule has 1 heterocycles. The number of nitrogens with zero attached hydrogens (tertiary/aromatic N) is 1. The molecule has 0 fully saturated rings. The second-order valence-electron chi connectivity index (χ2n) is 2.49. The van der Waals surface area contributed by atoms with Crippen molar-refractivity contribution in [1.29, 1.82) is 0 Å². The maximum Gasteiger partial charge on any atom is 0.418 e. The van der Waals surface area contributed by atoms with Crippen molar-refractivity contribution in [1.82, 2.24) is 4.57 Å². The number of aryl methyl sites for hydroxylation is 1. The highest BCUT2D eigenvalue weighted by Gasteiger charge is 2.37. The van der Waals surface area contributed by atoms with Crippen LogP contribution in [0.1, 0.15) is 16.1 Å². The van der Waals surface area contributed by atoms with Gasteiger partial charge in [-0.2, -0.15) is 13.2 Å². The fourth-order valence-electron chi connectivity index (χ4n) is 1.02. The average Bonchev–Trinajstić information content (AvgIpc) is 2.28. The number of alkyl halides is 3. The maximum atomic E-state index is 12.1. The zero-order valence-electron chi connectivity index (χ0n) is 6.59. The molecule has 0 amide bonds. The van der Waals surface area contributed by atoms with Crippen LogP contribution in [0.2, 0.25) is 0 Å². The molecule has 1 N–H and O–H groups in total. The van der Waals surface area contributed by atoms with Gasteiger partial charge in [0.1, 0.15) is 5.69 Å². The molecule has 72 valence electrons. The Bertz CT molecular complexity index is 340. The number of hydrogen-bond donors (Lipinski definition) is 1. The fourth-order valence-corrected chi connectivity index (χ4v) is 1.02. The molecule has 1 rings (SSSR count). The Balaban J connectivity index is 3.31. The van der Waals surface area contributed by atoms with E-state index in [4.69, 9.17) is 5.11 Å². The van der Waals surface area contributed by atoms with E-state index in [1.807, 2.05) is 0 Å². The molecule has 1 aromatic rings. The Labute approximate surface area is 71.4 Å². The van der Waals surface area contributed by atoms with Crippen molar-refractivity contribution in [2.24, 2.45) is 7.05 Å². The molecular weight excluding hydrogens is 187 g/mol. The Morgan fingerprint density at radius 1 is 1.54 bits per heavy atom. The monoisotopic (exact) mass is 193 g/mol. The van der Waals surface area contributed by atoms with Crippen LogP contribution in [0.15, 0.2) is 12.3 Å². The minimum atomic E-state index is -4.62. The molecule has 0 bridgehead atoms. The van der Waals surface area contributed by atoms with Crippen molar-refractivity contribution in [3.63, 3.8) is 0 Å². The third-order valence-electron chi connectivity index (χ3n) is 1.58. The van der Waals surface area contributed by atoms with Gasteiger partial charge in [-0.15, -0.1) is 0 Å². The first kappa shape index (κ1) is 9.63. The molecule has 0 aliphatic carbocycles. The SMILES string of the molecule is Cn1ccc(C(F)(F)F)c1C(=O)O. The first-order chi connectivity index (χ1) is 5.84. The third-order valence-corrected chi connectivity index (χ3v) is 1.58. The van der Waals surface area contributed by atoms with Crippen molar-refractivity contribution in [2.45, 2.75) is 6.18 Å². The molecule has 0 saturated heterocycles. The van der Waals surface area contributed by atoms with E-state index >= 15 is 0 Å². The van der Waals surface area contributed by atoms with Gasteiger partial charge in [0.25, 0.3) is 0 Å². The van der Waals surface area contributed by atoms with E-state index in [9.17, 15) is 18.0 Å². The lowest BCUT2D eigenvalue weighted by atomic mass is 10.2. The summed E-state index contributed by atoms with van der Waals surface area (Å²) in [5.74, 6) is -1.58. The molecule has 0 aliphatic heterocycles. The summed E-state index contributed by atoms with van der Waals surface area (Å²) >= 11 is 0. The summed E-state index contributed by atoms with van der Waals surface area (Å²) in [6.45, 7) is 0. The van der Waals surface area contributed by atoms with E-state index in [0.29, 0.717) is 0 Å². The van der Waals surface area contributed by atoms with E-state index in [0.717, 1.165) is 16.8 Å². The smallest absolute Gasteiger partial charge is 0.418 e. The Kier molecular flexibility index (Phi) is 2.07.